The van der Waals surface area contributed by atoms with Crippen LogP contribution in [0.3, 0.4) is 0 Å². The van der Waals surface area contributed by atoms with Gasteiger partial charge >= 0.3 is 12.3 Å². The number of nitrogens with one attached hydrogen (secondary N) is 1. The van der Waals surface area contributed by atoms with E-state index < -0.39 is 18.4 Å². The van der Waals surface area contributed by atoms with Gasteiger partial charge in [-0.2, -0.15) is 0 Å². The van der Waals surface area contributed by atoms with Gasteiger partial charge in [0.25, 0.3) is 0 Å². The Morgan fingerprint density at radius 1 is 1.25 bits per heavy atom. The Bertz CT molecular complexity index is 431. The van der Waals surface area contributed by atoms with E-state index >= 15 is 0 Å². The van der Waals surface area contributed by atoms with Crippen molar-refractivity contribution in [2.45, 2.75) is 26.3 Å². The summed E-state index contributed by atoms with van der Waals surface area (Å²) in [5, 5.41) is 2.91. The van der Waals surface area contributed by atoms with Crippen LogP contribution in [0.15, 0.2) is 24.3 Å². The highest BCUT2D eigenvalue weighted by atomic mass is 19.4. The molecule has 1 atom stereocenters. The van der Waals surface area contributed by atoms with Crippen molar-refractivity contribution >= 4 is 5.97 Å². The number of ether oxygens (including phenoxy) is 2. The number of alkyl halides is 3. The first-order valence-corrected chi connectivity index (χ1v) is 6.13. The quantitative estimate of drug-likeness (QED) is 0.819. The van der Waals surface area contributed by atoms with Gasteiger partial charge in [0.15, 0.2) is 0 Å². The third-order valence-electron chi connectivity index (χ3n) is 2.38. The minimum atomic E-state index is -4.73. The molecule has 1 N–H and O–H groups in total. The van der Waals surface area contributed by atoms with E-state index in [1.807, 2.05) is 6.92 Å². The minimum absolute atomic E-state index is 0.232. The number of halogens is 3. The van der Waals surface area contributed by atoms with Crippen LogP contribution in [0.2, 0.25) is 0 Å². The Morgan fingerprint density at radius 3 is 2.30 bits per heavy atom. The summed E-state index contributed by atoms with van der Waals surface area (Å²) in [6.45, 7) is 4.24. The van der Waals surface area contributed by atoms with Gasteiger partial charge in [0, 0.05) is 0 Å². The first kappa shape index (κ1) is 16.3. The molecule has 0 heterocycles. The maximum atomic E-state index is 12.0. The lowest BCUT2D eigenvalue weighted by molar-refractivity contribution is -0.274. The monoisotopic (exact) mass is 291 g/mol. The molecule has 0 radical (unpaired) electrons. The largest absolute Gasteiger partial charge is 0.573 e. The Balaban J connectivity index is 2.85. The van der Waals surface area contributed by atoms with Crippen molar-refractivity contribution in [1.82, 2.24) is 5.32 Å². The summed E-state index contributed by atoms with van der Waals surface area (Å²) in [4.78, 5) is 11.8. The fraction of sp³-hybridized carbons (Fsp3) is 0.462. The predicted octanol–water partition coefficient (Wildman–Crippen LogP) is 2.80. The van der Waals surface area contributed by atoms with Crippen LogP contribution in [0.1, 0.15) is 25.5 Å². The first-order valence-electron chi connectivity index (χ1n) is 6.13. The smallest absolute Gasteiger partial charge is 0.465 e. The van der Waals surface area contributed by atoms with Crippen molar-refractivity contribution in [3.63, 3.8) is 0 Å². The van der Waals surface area contributed by atoms with Crippen LogP contribution in [0, 0.1) is 0 Å². The molecule has 0 aliphatic rings. The molecule has 112 valence electrons. The molecule has 20 heavy (non-hydrogen) atoms. The molecule has 1 aromatic rings. The number of benzene rings is 1. The Labute approximate surface area is 114 Å². The van der Waals surface area contributed by atoms with E-state index in [2.05, 4.69) is 10.1 Å². The van der Waals surface area contributed by atoms with Crippen LogP contribution in [0.4, 0.5) is 13.2 Å². The summed E-state index contributed by atoms with van der Waals surface area (Å²) in [6, 6.07) is 4.40. The van der Waals surface area contributed by atoms with Gasteiger partial charge in [-0.3, -0.25) is 0 Å². The van der Waals surface area contributed by atoms with E-state index in [0.29, 0.717) is 12.1 Å². The highest BCUT2D eigenvalue weighted by molar-refractivity contribution is 5.77. The third kappa shape index (κ3) is 5.08. The number of carbonyl (C=O) groups is 1. The van der Waals surface area contributed by atoms with Crippen molar-refractivity contribution in [3.05, 3.63) is 29.8 Å². The molecule has 0 saturated carbocycles. The standard InChI is InChI=1S/C13H16F3NO3/c1-3-17-11(12(18)19-4-2)9-5-7-10(8-6-9)20-13(14,15)16/h5-8,11,17H,3-4H2,1-2H3. The van der Waals surface area contributed by atoms with Gasteiger partial charge in [-0.25, -0.2) is 4.79 Å². The van der Waals surface area contributed by atoms with Crippen molar-refractivity contribution < 1.29 is 27.4 Å². The molecule has 1 rings (SSSR count). The summed E-state index contributed by atoms with van der Waals surface area (Å²) in [5.41, 5.74) is 0.514. The zero-order chi connectivity index (χ0) is 15.2. The van der Waals surface area contributed by atoms with Crippen LogP contribution in [-0.4, -0.2) is 25.5 Å². The average Bonchev–Trinajstić information content (AvgIpc) is 2.35. The third-order valence-corrected chi connectivity index (χ3v) is 2.38. The topological polar surface area (TPSA) is 47.6 Å². The molecular formula is C13H16F3NO3. The van der Waals surface area contributed by atoms with Gasteiger partial charge < -0.3 is 14.8 Å². The number of likely N-dealkylation sites (N-methyl/N-ethyl adjacent to an activating group) is 1. The molecule has 0 aliphatic heterocycles. The zero-order valence-corrected chi connectivity index (χ0v) is 11.2. The lowest BCUT2D eigenvalue weighted by atomic mass is 10.1. The molecule has 0 saturated heterocycles. The molecule has 4 nitrogen and oxygen atoms in total. The van der Waals surface area contributed by atoms with E-state index in [9.17, 15) is 18.0 Å². The van der Waals surface area contributed by atoms with Crippen LogP contribution in [0.25, 0.3) is 0 Å². The average molecular weight is 291 g/mol. The second kappa shape index (κ2) is 7.14. The number of esters is 1. The van der Waals surface area contributed by atoms with E-state index in [1.54, 1.807) is 6.92 Å². The predicted molar refractivity (Wildman–Crippen MR) is 66.2 cm³/mol. The summed E-state index contributed by atoms with van der Waals surface area (Å²) < 4.78 is 44.8. The number of rotatable bonds is 6. The molecule has 0 amide bonds. The fourth-order valence-corrected chi connectivity index (χ4v) is 1.63. The highest BCUT2D eigenvalue weighted by Crippen LogP contribution is 2.24. The van der Waals surface area contributed by atoms with E-state index in [0.717, 1.165) is 12.1 Å². The van der Waals surface area contributed by atoms with Crippen LogP contribution in [0.5, 0.6) is 5.75 Å². The second-order valence-electron chi connectivity index (χ2n) is 3.86. The highest BCUT2D eigenvalue weighted by Gasteiger charge is 2.31. The summed E-state index contributed by atoms with van der Waals surface area (Å²) in [7, 11) is 0. The molecule has 0 aromatic heterocycles. The SMILES string of the molecule is CCNC(C(=O)OCC)c1ccc(OC(F)(F)F)cc1. The Hall–Kier alpha value is -1.76. The van der Waals surface area contributed by atoms with Gasteiger partial charge in [0.2, 0.25) is 0 Å². The van der Waals surface area contributed by atoms with E-state index in [-0.39, 0.29) is 12.4 Å². The van der Waals surface area contributed by atoms with Crippen LogP contribution < -0.4 is 10.1 Å². The van der Waals surface area contributed by atoms with Gasteiger partial charge in [0.05, 0.1) is 6.61 Å². The summed E-state index contributed by atoms with van der Waals surface area (Å²) in [6.07, 6.45) is -4.73. The molecular weight excluding hydrogens is 275 g/mol. The zero-order valence-electron chi connectivity index (χ0n) is 11.2. The maximum Gasteiger partial charge on any atom is 0.573 e. The van der Waals surface area contributed by atoms with E-state index in [1.165, 1.54) is 12.1 Å². The second-order valence-corrected chi connectivity index (χ2v) is 3.86. The van der Waals surface area contributed by atoms with Gasteiger partial charge in [0.1, 0.15) is 11.8 Å². The minimum Gasteiger partial charge on any atom is -0.465 e. The lowest BCUT2D eigenvalue weighted by Gasteiger charge is -2.17. The lowest BCUT2D eigenvalue weighted by Crippen LogP contribution is -2.30. The molecule has 1 unspecified atom stereocenters. The number of hydrogen-bond donors (Lipinski definition) is 1. The van der Waals surface area contributed by atoms with Crippen molar-refractivity contribution in [1.29, 1.82) is 0 Å². The van der Waals surface area contributed by atoms with Gasteiger partial charge in [-0.15, -0.1) is 13.2 Å². The molecule has 7 heteroatoms. The fourth-order valence-electron chi connectivity index (χ4n) is 1.63. The first-order chi connectivity index (χ1) is 9.37. The summed E-state index contributed by atoms with van der Waals surface area (Å²) >= 11 is 0. The van der Waals surface area contributed by atoms with Gasteiger partial charge in [-0.05, 0) is 31.2 Å². The molecule has 0 fully saturated rings. The van der Waals surface area contributed by atoms with Crippen LogP contribution >= 0.6 is 0 Å². The van der Waals surface area contributed by atoms with Crippen molar-refractivity contribution in [3.8, 4) is 5.75 Å². The molecule has 0 aliphatic carbocycles. The van der Waals surface area contributed by atoms with Gasteiger partial charge in [-0.1, -0.05) is 19.1 Å². The Morgan fingerprint density at radius 2 is 1.85 bits per heavy atom. The molecule has 1 aromatic carbocycles. The molecule has 0 spiro atoms. The normalized spacial score (nSPS) is 12.8. The summed E-state index contributed by atoms with van der Waals surface area (Å²) in [5.74, 6) is -0.806. The maximum absolute atomic E-state index is 12.0. The van der Waals surface area contributed by atoms with Crippen molar-refractivity contribution in [2.75, 3.05) is 13.2 Å². The number of hydrogen-bond acceptors (Lipinski definition) is 4. The molecule has 0 bridgehead atoms. The van der Waals surface area contributed by atoms with E-state index in [4.69, 9.17) is 4.74 Å². The van der Waals surface area contributed by atoms with Crippen LogP contribution in [-0.2, 0) is 9.53 Å². The number of carbonyl (C=O) groups excluding carboxylic acids is 1. The van der Waals surface area contributed by atoms with Crippen molar-refractivity contribution in [2.24, 2.45) is 0 Å². The Kier molecular flexibility index (Phi) is 5.82.